The van der Waals surface area contributed by atoms with Crippen molar-refractivity contribution in [1.82, 2.24) is 20.4 Å². The number of rotatable bonds is 6. The highest BCUT2D eigenvalue weighted by molar-refractivity contribution is 5.81. The van der Waals surface area contributed by atoms with Gasteiger partial charge in [-0.05, 0) is 20.9 Å². The van der Waals surface area contributed by atoms with Gasteiger partial charge < -0.3 is 15.5 Å². The van der Waals surface area contributed by atoms with Crippen LogP contribution >= 0.6 is 0 Å². The fourth-order valence-electron chi connectivity index (χ4n) is 2.09. The molecule has 6 heteroatoms. The minimum absolute atomic E-state index is 0.0225. The van der Waals surface area contributed by atoms with Gasteiger partial charge in [-0.25, -0.2) is 0 Å². The molecule has 0 aromatic carbocycles. The summed E-state index contributed by atoms with van der Waals surface area (Å²) in [5.41, 5.74) is 2.12. The van der Waals surface area contributed by atoms with E-state index in [1.807, 2.05) is 44.6 Å². The Labute approximate surface area is 108 Å². The second kappa shape index (κ2) is 6.39. The Hall–Kier alpha value is -1.56. The van der Waals surface area contributed by atoms with Crippen LogP contribution in [0.3, 0.4) is 0 Å². The van der Waals surface area contributed by atoms with E-state index in [4.69, 9.17) is 0 Å². The molecule has 1 amide bonds. The molecule has 6 nitrogen and oxygen atoms in total. The van der Waals surface area contributed by atoms with Crippen molar-refractivity contribution in [3.63, 3.8) is 0 Å². The Kier molecular flexibility index (Phi) is 5.15. The summed E-state index contributed by atoms with van der Waals surface area (Å²) in [4.78, 5) is 13.5. The van der Waals surface area contributed by atoms with Crippen LogP contribution in [0.15, 0.2) is 0 Å². The smallest absolute Gasteiger partial charge is 0.239 e. The van der Waals surface area contributed by atoms with Crippen molar-refractivity contribution >= 4 is 11.7 Å². The predicted octanol–water partition coefficient (Wildman–Crippen LogP) is 0.0202. The number of carbonyl (C=O) groups is 1. The van der Waals surface area contributed by atoms with Gasteiger partial charge in [-0.3, -0.25) is 9.48 Å². The molecule has 0 spiro atoms. The molecule has 0 bridgehead atoms. The molecular weight excluding hydrogens is 230 g/mol. The van der Waals surface area contributed by atoms with Gasteiger partial charge in [-0.15, -0.1) is 0 Å². The maximum atomic E-state index is 11.6. The highest BCUT2D eigenvalue weighted by Crippen LogP contribution is 2.21. The van der Waals surface area contributed by atoms with Crippen LogP contribution in [0.1, 0.15) is 18.2 Å². The molecule has 2 N–H and O–H groups in total. The summed E-state index contributed by atoms with van der Waals surface area (Å²) in [7, 11) is 5.71. The molecule has 1 rings (SSSR count). The summed E-state index contributed by atoms with van der Waals surface area (Å²) in [6, 6.07) is 0. The Bertz CT molecular complexity index is 413. The zero-order chi connectivity index (χ0) is 13.7. The maximum Gasteiger partial charge on any atom is 0.239 e. The number of nitrogens with one attached hydrogen (secondary N) is 2. The van der Waals surface area contributed by atoms with Crippen molar-refractivity contribution in [2.45, 2.75) is 20.4 Å². The highest BCUT2D eigenvalue weighted by atomic mass is 16.2. The summed E-state index contributed by atoms with van der Waals surface area (Å²) < 4.78 is 1.82. The summed E-state index contributed by atoms with van der Waals surface area (Å²) in [6.07, 6.45) is 0. The van der Waals surface area contributed by atoms with E-state index in [2.05, 4.69) is 15.7 Å². The van der Waals surface area contributed by atoms with E-state index < -0.39 is 0 Å². The average Bonchev–Trinajstić information content (AvgIpc) is 2.54. The third-order valence-corrected chi connectivity index (χ3v) is 2.78. The van der Waals surface area contributed by atoms with Crippen molar-refractivity contribution in [2.24, 2.45) is 7.05 Å². The van der Waals surface area contributed by atoms with Gasteiger partial charge in [-0.1, -0.05) is 0 Å². The number of amides is 1. The third-order valence-electron chi connectivity index (χ3n) is 2.78. The molecule has 1 aromatic rings. The Morgan fingerprint density at radius 1 is 1.50 bits per heavy atom. The number of anilines is 1. The standard InChI is InChI=1S/C12H23N5O/c1-6-14-11(18)8-16(4)12-10(7-13-3)9(2)15-17(12)5/h13H,6-8H2,1-5H3,(H,14,18). The maximum absolute atomic E-state index is 11.6. The highest BCUT2D eigenvalue weighted by Gasteiger charge is 2.17. The predicted molar refractivity (Wildman–Crippen MR) is 72.7 cm³/mol. The largest absolute Gasteiger partial charge is 0.355 e. The van der Waals surface area contributed by atoms with Crippen molar-refractivity contribution in [1.29, 1.82) is 0 Å². The van der Waals surface area contributed by atoms with Crippen LogP contribution < -0.4 is 15.5 Å². The van der Waals surface area contributed by atoms with E-state index in [9.17, 15) is 4.79 Å². The summed E-state index contributed by atoms with van der Waals surface area (Å²) in [5, 5.41) is 10.3. The Balaban J connectivity index is 2.90. The number of aryl methyl sites for hydroxylation is 2. The molecule has 0 saturated heterocycles. The van der Waals surface area contributed by atoms with Crippen LogP contribution in [0.25, 0.3) is 0 Å². The van der Waals surface area contributed by atoms with Crippen molar-refractivity contribution < 1.29 is 4.79 Å². The van der Waals surface area contributed by atoms with Crippen LogP contribution in [0.4, 0.5) is 5.82 Å². The van der Waals surface area contributed by atoms with Crippen LogP contribution in [0, 0.1) is 6.92 Å². The molecule has 0 aliphatic carbocycles. The normalized spacial score (nSPS) is 10.5. The Morgan fingerprint density at radius 3 is 2.72 bits per heavy atom. The van der Waals surface area contributed by atoms with Gasteiger partial charge in [-0.2, -0.15) is 5.10 Å². The molecule has 0 fully saturated rings. The molecule has 1 heterocycles. The van der Waals surface area contributed by atoms with Gasteiger partial charge in [0, 0.05) is 32.7 Å². The third kappa shape index (κ3) is 3.22. The van der Waals surface area contributed by atoms with Gasteiger partial charge in [0.25, 0.3) is 0 Å². The molecule has 1 aromatic heterocycles. The quantitative estimate of drug-likeness (QED) is 0.750. The summed E-state index contributed by atoms with van der Waals surface area (Å²) in [6.45, 7) is 5.63. The monoisotopic (exact) mass is 253 g/mol. The van der Waals surface area contributed by atoms with Crippen molar-refractivity contribution in [2.75, 3.05) is 32.1 Å². The zero-order valence-corrected chi connectivity index (χ0v) is 11.9. The lowest BCUT2D eigenvalue weighted by atomic mass is 10.2. The zero-order valence-electron chi connectivity index (χ0n) is 11.9. The van der Waals surface area contributed by atoms with E-state index >= 15 is 0 Å². The molecule has 0 aliphatic rings. The van der Waals surface area contributed by atoms with Crippen molar-refractivity contribution in [3.8, 4) is 0 Å². The SMILES string of the molecule is CCNC(=O)CN(C)c1c(CNC)c(C)nn1C. The molecule has 0 radical (unpaired) electrons. The van der Waals surface area contributed by atoms with Gasteiger partial charge >= 0.3 is 0 Å². The summed E-state index contributed by atoms with van der Waals surface area (Å²) >= 11 is 0. The fraction of sp³-hybridized carbons (Fsp3) is 0.667. The minimum atomic E-state index is 0.0225. The Morgan fingerprint density at radius 2 is 2.17 bits per heavy atom. The van der Waals surface area contributed by atoms with Crippen LogP contribution in [0.5, 0.6) is 0 Å². The molecule has 18 heavy (non-hydrogen) atoms. The van der Waals surface area contributed by atoms with Gasteiger partial charge in [0.15, 0.2) is 0 Å². The molecule has 0 saturated carbocycles. The lowest BCUT2D eigenvalue weighted by Crippen LogP contribution is -2.36. The van der Waals surface area contributed by atoms with Gasteiger partial charge in [0.2, 0.25) is 5.91 Å². The van der Waals surface area contributed by atoms with Crippen LogP contribution in [-0.2, 0) is 18.4 Å². The molecule has 0 atom stereocenters. The van der Waals surface area contributed by atoms with Crippen LogP contribution in [-0.4, -0.2) is 42.9 Å². The molecular formula is C12H23N5O. The number of nitrogens with zero attached hydrogens (tertiary/aromatic N) is 3. The van der Waals surface area contributed by atoms with Crippen LogP contribution in [0.2, 0.25) is 0 Å². The van der Waals surface area contributed by atoms with Crippen molar-refractivity contribution in [3.05, 3.63) is 11.3 Å². The lowest BCUT2D eigenvalue weighted by Gasteiger charge is -2.20. The second-order valence-electron chi connectivity index (χ2n) is 4.35. The topological polar surface area (TPSA) is 62.2 Å². The first-order valence-electron chi connectivity index (χ1n) is 6.16. The summed E-state index contributed by atoms with van der Waals surface area (Å²) in [5.74, 6) is 1.00. The first kappa shape index (κ1) is 14.5. The van der Waals surface area contributed by atoms with Gasteiger partial charge in [0.1, 0.15) is 5.82 Å². The minimum Gasteiger partial charge on any atom is -0.355 e. The number of aromatic nitrogens is 2. The fourth-order valence-corrected chi connectivity index (χ4v) is 2.09. The number of hydrogen-bond donors (Lipinski definition) is 2. The van der Waals surface area contributed by atoms with E-state index in [-0.39, 0.29) is 5.91 Å². The van der Waals surface area contributed by atoms with Gasteiger partial charge in [0.05, 0.1) is 12.2 Å². The molecule has 102 valence electrons. The van der Waals surface area contributed by atoms with E-state index in [0.29, 0.717) is 13.1 Å². The number of likely N-dealkylation sites (N-methyl/N-ethyl adjacent to an activating group) is 2. The number of carbonyl (C=O) groups excluding carboxylic acids is 1. The van der Waals surface area contributed by atoms with E-state index in [1.165, 1.54) is 0 Å². The lowest BCUT2D eigenvalue weighted by molar-refractivity contribution is -0.119. The molecule has 0 aliphatic heterocycles. The average molecular weight is 253 g/mol. The second-order valence-corrected chi connectivity index (χ2v) is 4.35. The number of hydrogen-bond acceptors (Lipinski definition) is 4. The van der Waals surface area contributed by atoms with E-state index in [1.54, 1.807) is 0 Å². The first-order chi connectivity index (χ1) is 8.51. The first-order valence-corrected chi connectivity index (χ1v) is 6.16. The molecule has 0 unspecified atom stereocenters. The van der Waals surface area contributed by atoms with E-state index in [0.717, 1.165) is 23.6 Å².